The van der Waals surface area contributed by atoms with Crippen molar-refractivity contribution in [3.63, 3.8) is 0 Å². The summed E-state index contributed by atoms with van der Waals surface area (Å²) in [4.78, 5) is 97.8. The zero-order valence-corrected chi connectivity index (χ0v) is 27.6. The van der Waals surface area contributed by atoms with E-state index in [1.54, 1.807) is 0 Å². The van der Waals surface area contributed by atoms with Crippen molar-refractivity contribution in [1.82, 2.24) is 31.9 Å². The fourth-order valence-electron chi connectivity index (χ4n) is 3.93. The fraction of sp³-hybridized carbons (Fsp3) is 0.615. The summed E-state index contributed by atoms with van der Waals surface area (Å²) in [6.07, 6.45) is 0.934. The van der Waals surface area contributed by atoms with E-state index >= 15 is 0 Å². The van der Waals surface area contributed by atoms with Gasteiger partial charge in [-0.05, 0) is 38.5 Å². The SMILES string of the molecule is NCC(=O)N[C@@H](CCCN=C(N)N)C(=O)NCC(=O)N[C@@H](CCCN=C(N)N)C(=O)NCC(=O)N[C@@H](CCCN=C(N)N)C(=O)NCC(=O)O. The first-order valence-electron chi connectivity index (χ1n) is 15.3. The number of guanidine groups is 3. The van der Waals surface area contributed by atoms with Gasteiger partial charge in [-0.2, -0.15) is 0 Å². The van der Waals surface area contributed by atoms with Gasteiger partial charge in [-0.15, -0.1) is 0 Å². The molecule has 0 aromatic heterocycles. The maximum atomic E-state index is 13.0. The molecule has 24 heteroatoms. The number of carboxylic acids is 1. The van der Waals surface area contributed by atoms with Gasteiger partial charge in [0, 0.05) is 19.6 Å². The first-order valence-corrected chi connectivity index (χ1v) is 15.3. The molecule has 50 heavy (non-hydrogen) atoms. The lowest BCUT2D eigenvalue weighted by molar-refractivity contribution is -0.138. The van der Waals surface area contributed by atoms with Crippen LogP contribution >= 0.6 is 0 Å². The molecule has 0 fully saturated rings. The molecule has 0 aliphatic rings. The van der Waals surface area contributed by atoms with Crippen LogP contribution in [0.15, 0.2) is 15.0 Å². The Balaban J connectivity index is 5.44. The molecule has 0 rings (SSSR count). The second-order valence-corrected chi connectivity index (χ2v) is 10.5. The number of hydrogen-bond acceptors (Lipinski definition) is 11. The molecule has 21 N–H and O–H groups in total. The van der Waals surface area contributed by atoms with Crippen LogP contribution in [0.25, 0.3) is 0 Å². The Labute approximate surface area is 287 Å². The van der Waals surface area contributed by atoms with Gasteiger partial charge < -0.3 is 77.1 Å². The molecule has 0 aliphatic heterocycles. The molecular weight excluding hydrogens is 664 g/mol. The van der Waals surface area contributed by atoms with Crippen LogP contribution in [0.2, 0.25) is 0 Å². The van der Waals surface area contributed by atoms with Gasteiger partial charge in [-0.1, -0.05) is 0 Å². The third kappa shape index (κ3) is 22.6. The van der Waals surface area contributed by atoms with Gasteiger partial charge >= 0.3 is 5.97 Å². The molecule has 0 aromatic rings. The third-order valence-electron chi connectivity index (χ3n) is 6.24. The lowest BCUT2D eigenvalue weighted by atomic mass is 10.1. The number of nitrogens with two attached hydrogens (primary N) is 7. The fourth-order valence-corrected chi connectivity index (χ4v) is 3.93. The zero-order chi connectivity index (χ0) is 38.1. The summed E-state index contributed by atoms with van der Waals surface area (Å²) in [6, 6.07) is -3.47. The van der Waals surface area contributed by atoms with E-state index in [1.165, 1.54) is 0 Å². The molecule has 24 nitrogen and oxygen atoms in total. The van der Waals surface area contributed by atoms with E-state index in [9.17, 15) is 33.6 Å². The second kappa shape index (κ2) is 25.1. The standard InChI is InChI=1S/C26H50N16O8/c27-10-17(43)40-14(4-1-7-34-24(28)29)21(48)37-11-18(44)41-15(5-2-8-35-25(30)31)22(49)38-12-19(45)42-16(6-3-9-36-26(32)33)23(50)39-13-20(46)47/h14-16H,1-13,27H2,(H,37,48)(H,38,49)(H,39,50)(H,40,43)(H,41,44)(H,42,45)(H,46,47)(H4,28,29,34)(H4,30,31,35)(H4,32,33,36)/t14-,15-,16-/m0/s1. The third-order valence-corrected chi connectivity index (χ3v) is 6.24. The van der Waals surface area contributed by atoms with Gasteiger partial charge in [0.15, 0.2) is 17.9 Å². The van der Waals surface area contributed by atoms with Gasteiger partial charge in [0.2, 0.25) is 35.4 Å². The van der Waals surface area contributed by atoms with Gasteiger partial charge in [0.05, 0.1) is 19.6 Å². The molecule has 0 heterocycles. The highest BCUT2D eigenvalue weighted by Crippen LogP contribution is 2.02. The van der Waals surface area contributed by atoms with E-state index in [1.807, 2.05) is 0 Å². The van der Waals surface area contributed by atoms with Crippen molar-refractivity contribution in [2.45, 2.75) is 56.7 Å². The highest BCUT2D eigenvalue weighted by Gasteiger charge is 2.25. The second-order valence-electron chi connectivity index (χ2n) is 10.5. The lowest BCUT2D eigenvalue weighted by Crippen LogP contribution is -2.54. The van der Waals surface area contributed by atoms with Crippen molar-refractivity contribution < 1.29 is 38.7 Å². The summed E-state index contributed by atoms with van der Waals surface area (Å²) in [5.74, 6) is -6.32. The molecular formula is C26H50N16O8. The van der Waals surface area contributed by atoms with Crippen LogP contribution in [0.3, 0.4) is 0 Å². The number of aliphatic imine (C=N–C) groups is 3. The lowest BCUT2D eigenvalue weighted by Gasteiger charge is -2.21. The molecule has 0 bridgehead atoms. The van der Waals surface area contributed by atoms with Crippen molar-refractivity contribution in [3.05, 3.63) is 0 Å². The predicted molar refractivity (Wildman–Crippen MR) is 181 cm³/mol. The van der Waals surface area contributed by atoms with Crippen molar-refractivity contribution in [3.8, 4) is 0 Å². The minimum atomic E-state index is -1.30. The molecule has 0 aromatic carbocycles. The quantitative estimate of drug-likeness (QED) is 0.0237. The van der Waals surface area contributed by atoms with Crippen LogP contribution in [0.4, 0.5) is 0 Å². The summed E-state index contributed by atoms with van der Waals surface area (Å²) in [5.41, 5.74) is 37.1. The van der Waals surface area contributed by atoms with Crippen molar-refractivity contribution in [2.24, 2.45) is 55.1 Å². The number of aliphatic carboxylic acids is 1. The molecule has 0 saturated heterocycles. The summed E-state index contributed by atoms with van der Waals surface area (Å²) < 4.78 is 0. The van der Waals surface area contributed by atoms with Crippen molar-refractivity contribution in [1.29, 1.82) is 0 Å². The number of rotatable bonds is 25. The summed E-state index contributed by atoms with van der Waals surface area (Å²) in [6.45, 7) is -1.89. The Hall–Kier alpha value is -5.94. The van der Waals surface area contributed by atoms with Crippen molar-refractivity contribution >= 4 is 59.3 Å². The van der Waals surface area contributed by atoms with Crippen LogP contribution in [-0.2, 0) is 33.6 Å². The molecule has 0 radical (unpaired) electrons. The van der Waals surface area contributed by atoms with E-state index in [4.69, 9.17) is 45.2 Å². The number of nitrogens with zero attached hydrogens (tertiary/aromatic N) is 3. The van der Waals surface area contributed by atoms with Crippen LogP contribution < -0.4 is 72.0 Å². The number of hydrogen-bond donors (Lipinski definition) is 14. The smallest absolute Gasteiger partial charge is 0.322 e. The minimum absolute atomic E-state index is 0.00883. The van der Waals surface area contributed by atoms with Crippen molar-refractivity contribution in [2.75, 3.05) is 45.8 Å². The topological polar surface area (TPSA) is 431 Å². The summed E-state index contributed by atoms with van der Waals surface area (Å²) in [5, 5.41) is 23.0. The Morgan fingerprint density at radius 1 is 0.500 bits per heavy atom. The van der Waals surface area contributed by atoms with Crippen LogP contribution in [0.1, 0.15) is 38.5 Å². The highest BCUT2D eigenvalue weighted by molar-refractivity contribution is 5.94. The first kappa shape index (κ1) is 44.1. The van der Waals surface area contributed by atoms with E-state index < -0.39 is 79.2 Å². The van der Waals surface area contributed by atoms with Gasteiger partial charge in [-0.25, -0.2) is 0 Å². The summed E-state index contributed by atoms with van der Waals surface area (Å²) in [7, 11) is 0. The largest absolute Gasteiger partial charge is 0.480 e. The normalized spacial score (nSPS) is 12.0. The predicted octanol–water partition coefficient (Wildman–Crippen LogP) is -8.01. The number of carbonyl (C=O) groups is 7. The van der Waals surface area contributed by atoms with Crippen LogP contribution in [0, 0.1) is 0 Å². The Morgan fingerprint density at radius 2 is 0.800 bits per heavy atom. The van der Waals surface area contributed by atoms with Gasteiger partial charge in [-0.3, -0.25) is 48.5 Å². The number of carbonyl (C=O) groups excluding carboxylic acids is 6. The molecule has 0 spiro atoms. The van der Waals surface area contributed by atoms with E-state index in [-0.39, 0.29) is 76.2 Å². The van der Waals surface area contributed by atoms with Crippen LogP contribution in [-0.4, -0.2) is 128 Å². The zero-order valence-electron chi connectivity index (χ0n) is 27.6. The Bertz CT molecular complexity index is 1250. The summed E-state index contributed by atoms with van der Waals surface area (Å²) >= 11 is 0. The van der Waals surface area contributed by atoms with Crippen LogP contribution in [0.5, 0.6) is 0 Å². The maximum absolute atomic E-state index is 13.0. The average molecular weight is 715 g/mol. The molecule has 0 unspecified atom stereocenters. The molecule has 0 aliphatic carbocycles. The molecule has 3 atom stereocenters. The monoisotopic (exact) mass is 714 g/mol. The van der Waals surface area contributed by atoms with E-state index in [2.05, 4.69) is 46.9 Å². The average Bonchev–Trinajstić information content (AvgIpc) is 3.04. The maximum Gasteiger partial charge on any atom is 0.322 e. The number of carboxylic acid groups (broad SMARTS) is 1. The highest BCUT2D eigenvalue weighted by atomic mass is 16.4. The van der Waals surface area contributed by atoms with E-state index in [0.717, 1.165) is 0 Å². The van der Waals surface area contributed by atoms with Gasteiger partial charge in [0.25, 0.3) is 0 Å². The molecule has 0 saturated carbocycles. The Morgan fingerprint density at radius 3 is 1.08 bits per heavy atom. The Kier molecular flexibility index (Phi) is 22.1. The number of amides is 6. The minimum Gasteiger partial charge on any atom is -0.480 e. The van der Waals surface area contributed by atoms with Gasteiger partial charge in [0.1, 0.15) is 24.7 Å². The number of nitrogens with one attached hydrogen (secondary N) is 6. The molecule has 6 amide bonds. The first-order chi connectivity index (χ1) is 23.5. The van der Waals surface area contributed by atoms with E-state index in [0.29, 0.717) is 6.42 Å². The molecule has 282 valence electrons.